The molecule has 1 aliphatic heterocycles. The summed E-state index contributed by atoms with van der Waals surface area (Å²) in [4.78, 5) is 2.23. The van der Waals surface area contributed by atoms with Crippen LogP contribution in [-0.2, 0) is 0 Å². The quantitative estimate of drug-likeness (QED) is 0.835. The third-order valence-electron chi connectivity index (χ3n) is 3.56. The van der Waals surface area contributed by atoms with Crippen LogP contribution in [0.5, 0.6) is 11.5 Å². The van der Waals surface area contributed by atoms with Crippen LogP contribution >= 0.6 is 0 Å². The number of hydrogen-bond acceptors (Lipinski definition) is 4. The van der Waals surface area contributed by atoms with E-state index in [1.807, 2.05) is 12.1 Å². The Hall–Kier alpha value is -1.58. The monoisotopic (exact) mass is 250 g/mol. The minimum atomic E-state index is 0.495. The molecule has 0 radical (unpaired) electrons. The standard InChI is InChI=1S/C14H22N2O2/c1-4-10(5-2)16(3)12-9-14-13(8-11(12)15)17-6-7-18-14/h8-10H,4-7,15H2,1-3H3. The minimum absolute atomic E-state index is 0.495. The SMILES string of the molecule is CCC(CC)N(C)c1cc2c(cc1N)OCCO2. The van der Waals surface area contributed by atoms with Crippen LogP contribution in [0.15, 0.2) is 12.1 Å². The maximum Gasteiger partial charge on any atom is 0.163 e. The molecule has 0 spiro atoms. The third kappa shape index (κ3) is 2.33. The molecule has 0 aliphatic carbocycles. The fourth-order valence-corrected chi connectivity index (χ4v) is 2.43. The van der Waals surface area contributed by atoms with Crippen molar-refractivity contribution in [3.05, 3.63) is 12.1 Å². The van der Waals surface area contributed by atoms with Crippen molar-refractivity contribution < 1.29 is 9.47 Å². The second-order valence-electron chi connectivity index (χ2n) is 4.64. The Balaban J connectivity index is 2.32. The highest BCUT2D eigenvalue weighted by molar-refractivity contribution is 5.73. The van der Waals surface area contributed by atoms with E-state index in [1.165, 1.54) is 0 Å². The molecule has 1 aliphatic rings. The summed E-state index contributed by atoms with van der Waals surface area (Å²) in [6.45, 7) is 5.58. The number of hydrogen-bond donors (Lipinski definition) is 1. The van der Waals surface area contributed by atoms with Crippen LogP contribution in [0.2, 0.25) is 0 Å². The van der Waals surface area contributed by atoms with Gasteiger partial charge in [-0.1, -0.05) is 13.8 Å². The average molecular weight is 250 g/mol. The second-order valence-corrected chi connectivity index (χ2v) is 4.64. The van der Waals surface area contributed by atoms with Gasteiger partial charge in [-0.25, -0.2) is 0 Å². The van der Waals surface area contributed by atoms with Crippen molar-refractivity contribution in [1.29, 1.82) is 0 Å². The van der Waals surface area contributed by atoms with Crippen LogP contribution in [0.4, 0.5) is 11.4 Å². The summed E-state index contributed by atoms with van der Waals surface area (Å²) < 4.78 is 11.1. The molecule has 0 amide bonds. The van der Waals surface area contributed by atoms with Gasteiger partial charge in [-0.2, -0.15) is 0 Å². The molecule has 4 nitrogen and oxygen atoms in total. The molecule has 0 saturated heterocycles. The molecule has 4 heteroatoms. The molecule has 0 saturated carbocycles. The molecule has 0 fully saturated rings. The first-order valence-corrected chi connectivity index (χ1v) is 6.59. The van der Waals surface area contributed by atoms with E-state index in [0.29, 0.717) is 19.3 Å². The summed E-state index contributed by atoms with van der Waals surface area (Å²) in [5.41, 5.74) is 7.88. The van der Waals surface area contributed by atoms with E-state index < -0.39 is 0 Å². The van der Waals surface area contributed by atoms with Crippen molar-refractivity contribution >= 4 is 11.4 Å². The fraction of sp³-hybridized carbons (Fsp3) is 0.571. The van der Waals surface area contributed by atoms with E-state index in [0.717, 1.165) is 35.7 Å². The van der Waals surface area contributed by atoms with Crippen molar-refractivity contribution in [1.82, 2.24) is 0 Å². The minimum Gasteiger partial charge on any atom is -0.486 e. The maximum absolute atomic E-state index is 6.12. The van der Waals surface area contributed by atoms with Gasteiger partial charge in [0.15, 0.2) is 11.5 Å². The predicted molar refractivity (Wildman–Crippen MR) is 74.6 cm³/mol. The molecular formula is C14H22N2O2. The van der Waals surface area contributed by atoms with Crippen LogP contribution in [0, 0.1) is 0 Å². The molecular weight excluding hydrogens is 228 g/mol. The number of anilines is 2. The second kappa shape index (κ2) is 5.38. The molecule has 0 atom stereocenters. The van der Waals surface area contributed by atoms with Crippen LogP contribution < -0.4 is 20.1 Å². The van der Waals surface area contributed by atoms with Crippen LogP contribution in [0.3, 0.4) is 0 Å². The van der Waals surface area contributed by atoms with Gasteiger partial charge in [0.25, 0.3) is 0 Å². The number of fused-ring (bicyclic) bond motifs is 1. The Bertz CT molecular complexity index is 417. The number of benzene rings is 1. The Morgan fingerprint density at radius 2 is 1.72 bits per heavy atom. The van der Waals surface area contributed by atoms with E-state index in [1.54, 1.807) is 0 Å². The van der Waals surface area contributed by atoms with Crippen LogP contribution in [0.1, 0.15) is 26.7 Å². The molecule has 18 heavy (non-hydrogen) atoms. The van der Waals surface area contributed by atoms with E-state index in [4.69, 9.17) is 15.2 Å². The van der Waals surface area contributed by atoms with Gasteiger partial charge in [-0.05, 0) is 12.8 Å². The lowest BCUT2D eigenvalue weighted by Gasteiger charge is -2.31. The van der Waals surface area contributed by atoms with Gasteiger partial charge in [0.05, 0.1) is 11.4 Å². The van der Waals surface area contributed by atoms with Gasteiger partial charge < -0.3 is 20.1 Å². The first kappa shape index (κ1) is 12.9. The Morgan fingerprint density at radius 1 is 1.17 bits per heavy atom. The Labute approximate surface area is 109 Å². The van der Waals surface area contributed by atoms with Crippen molar-refractivity contribution in [3.63, 3.8) is 0 Å². The van der Waals surface area contributed by atoms with E-state index in [9.17, 15) is 0 Å². The average Bonchev–Trinajstić information content (AvgIpc) is 2.39. The molecule has 2 N–H and O–H groups in total. The number of nitrogens with zero attached hydrogens (tertiary/aromatic N) is 1. The van der Waals surface area contributed by atoms with Crippen molar-refractivity contribution in [3.8, 4) is 11.5 Å². The molecule has 0 aromatic heterocycles. The zero-order chi connectivity index (χ0) is 13.1. The molecule has 1 aromatic carbocycles. The zero-order valence-electron chi connectivity index (χ0n) is 11.4. The van der Waals surface area contributed by atoms with Gasteiger partial charge in [0, 0.05) is 25.2 Å². The largest absolute Gasteiger partial charge is 0.486 e. The Kier molecular flexibility index (Phi) is 3.84. The van der Waals surface area contributed by atoms with Crippen molar-refractivity contribution in [2.24, 2.45) is 0 Å². The predicted octanol–water partition coefficient (Wildman–Crippen LogP) is 2.66. The summed E-state index contributed by atoms with van der Waals surface area (Å²) in [7, 11) is 2.08. The summed E-state index contributed by atoms with van der Waals surface area (Å²) in [6, 6.07) is 4.35. The zero-order valence-corrected chi connectivity index (χ0v) is 11.4. The number of nitrogens with two attached hydrogens (primary N) is 1. The lowest BCUT2D eigenvalue weighted by Crippen LogP contribution is -2.31. The molecule has 0 unspecified atom stereocenters. The molecule has 1 heterocycles. The number of ether oxygens (including phenoxy) is 2. The maximum atomic E-state index is 6.12. The van der Waals surface area contributed by atoms with Gasteiger partial charge in [0.2, 0.25) is 0 Å². The lowest BCUT2D eigenvalue weighted by atomic mass is 10.1. The highest BCUT2D eigenvalue weighted by Gasteiger charge is 2.19. The summed E-state index contributed by atoms with van der Waals surface area (Å²) in [6.07, 6.45) is 2.20. The van der Waals surface area contributed by atoms with Crippen molar-refractivity contribution in [2.45, 2.75) is 32.7 Å². The first-order chi connectivity index (χ1) is 8.67. The Morgan fingerprint density at radius 3 is 2.28 bits per heavy atom. The van der Waals surface area contributed by atoms with E-state index in [-0.39, 0.29) is 0 Å². The topological polar surface area (TPSA) is 47.7 Å². The van der Waals surface area contributed by atoms with Gasteiger partial charge in [-0.15, -0.1) is 0 Å². The highest BCUT2D eigenvalue weighted by Crippen LogP contribution is 2.39. The van der Waals surface area contributed by atoms with Crippen LogP contribution in [0.25, 0.3) is 0 Å². The fourth-order valence-electron chi connectivity index (χ4n) is 2.43. The molecule has 100 valence electrons. The normalized spacial score (nSPS) is 13.8. The number of nitrogen functional groups attached to an aromatic ring is 1. The van der Waals surface area contributed by atoms with E-state index >= 15 is 0 Å². The molecule has 1 aromatic rings. The van der Waals surface area contributed by atoms with E-state index in [2.05, 4.69) is 25.8 Å². The third-order valence-corrected chi connectivity index (χ3v) is 3.56. The van der Waals surface area contributed by atoms with Gasteiger partial charge in [0.1, 0.15) is 13.2 Å². The summed E-state index contributed by atoms with van der Waals surface area (Å²) >= 11 is 0. The summed E-state index contributed by atoms with van der Waals surface area (Å²) in [5.74, 6) is 1.55. The molecule has 0 bridgehead atoms. The summed E-state index contributed by atoms with van der Waals surface area (Å²) in [5, 5.41) is 0. The molecule has 2 rings (SSSR count). The van der Waals surface area contributed by atoms with Crippen LogP contribution in [-0.4, -0.2) is 26.3 Å². The lowest BCUT2D eigenvalue weighted by molar-refractivity contribution is 0.172. The van der Waals surface area contributed by atoms with Crippen molar-refractivity contribution in [2.75, 3.05) is 30.9 Å². The van der Waals surface area contributed by atoms with Gasteiger partial charge in [-0.3, -0.25) is 0 Å². The highest BCUT2D eigenvalue weighted by atomic mass is 16.6. The first-order valence-electron chi connectivity index (χ1n) is 6.59. The van der Waals surface area contributed by atoms with Gasteiger partial charge >= 0.3 is 0 Å². The number of rotatable bonds is 4. The smallest absolute Gasteiger partial charge is 0.163 e.